The summed E-state index contributed by atoms with van der Waals surface area (Å²) in [6, 6.07) is 0. The zero-order chi connectivity index (χ0) is 5.70. The summed E-state index contributed by atoms with van der Waals surface area (Å²) in [5, 5.41) is 7.76. The monoisotopic (exact) mass is 152 g/mol. The Morgan fingerprint density at radius 2 is 2.11 bits per heavy atom. The van der Waals surface area contributed by atoms with Gasteiger partial charge in [-0.05, 0) is 0 Å². The number of carboxylic acid groups (broad SMARTS) is 1. The molecular formula is C3H6Na2O4. The summed E-state index contributed by atoms with van der Waals surface area (Å²) in [6.07, 6.45) is 0. The van der Waals surface area contributed by atoms with Gasteiger partial charge >= 0.3 is 65.1 Å². The first-order valence-corrected chi connectivity index (χ1v) is 1.54. The SMILES string of the molecule is O=COCC(=O)O.[H-].[H-].[Na+].[Na+]. The van der Waals surface area contributed by atoms with Gasteiger partial charge in [0.15, 0.2) is 6.61 Å². The van der Waals surface area contributed by atoms with Crippen LogP contribution in [0.2, 0.25) is 0 Å². The van der Waals surface area contributed by atoms with Crippen LogP contribution in [-0.4, -0.2) is 24.2 Å². The van der Waals surface area contributed by atoms with Crippen molar-refractivity contribution in [3.63, 3.8) is 0 Å². The average molecular weight is 152 g/mol. The number of carbonyl (C=O) groups excluding carboxylic acids is 1. The van der Waals surface area contributed by atoms with E-state index in [1.54, 1.807) is 0 Å². The molecule has 6 heteroatoms. The van der Waals surface area contributed by atoms with Crippen molar-refractivity contribution in [3.05, 3.63) is 0 Å². The average Bonchev–Trinajstić information content (AvgIpc) is 1.61. The summed E-state index contributed by atoms with van der Waals surface area (Å²) < 4.78 is 3.81. The third-order valence-corrected chi connectivity index (χ3v) is 0.275. The van der Waals surface area contributed by atoms with E-state index < -0.39 is 12.6 Å². The van der Waals surface area contributed by atoms with Crippen LogP contribution < -0.4 is 59.1 Å². The molecule has 0 radical (unpaired) electrons. The molecule has 4 nitrogen and oxygen atoms in total. The van der Waals surface area contributed by atoms with Gasteiger partial charge in [0.05, 0.1) is 0 Å². The molecule has 0 rings (SSSR count). The molecule has 0 amide bonds. The summed E-state index contributed by atoms with van der Waals surface area (Å²) in [4.78, 5) is 18.7. The predicted octanol–water partition coefficient (Wildman–Crippen LogP) is -6.52. The van der Waals surface area contributed by atoms with Crippen LogP contribution in [-0.2, 0) is 14.3 Å². The smallest absolute Gasteiger partial charge is 1.00 e. The molecule has 9 heavy (non-hydrogen) atoms. The second-order valence-electron chi connectivity index (χ2n) is 0.801. The van der Waals surface area contributed by atoms with Crippen molar-refractivity contribution < 1.29 is 81.4 Å². The van der Waals surface area contributed by atoms with E-state index in [-0.39, 0.29) is 68.4 Å². The molecular weight excluding hydrogens is 146 g/mol. The van der Waals surface area contributed by atoms with Gasteiger partial charge in [-0.15, -0.1) is 0 Å². The number of aliphatic carboxylic acids is 1. The van der Waals surface area contributed by atoms with Crippen LogP contribution in [0.1, 0.15) is 2.85 Å². The topological polar surface area (TPSA) is 63.6 Å². The van der Waals surface area contributed by atoms with E-state index >= 15 is 0 Å². The predicted molar refractivity (Wildman–Crippen MR) is 21.9 cm³/mol. The third-order valence-electron chi connectivity index (χ3n) is 0.275. The molecule has 0 saturated heterocycles. The number of ether oxygens (including phenoxy) is 1. The van der Waals surface area contributed by atoms with Crippen molar-refractivity contribution in [2.45, 2.75) is 0 Å². The van der Waals surface area contributed by atoms with Gasteiger partial charge in [0.25, 0.3) is 6.47 Å². The van der Waals surface area contributed by atoms with Gasteiger partial charge in [-0.1, -0.05) is 0 Å². The Labute approximate surface area is 99.5 Å². The van der Waals surface area contributed by atoms with Gasteiger partial charge in [-0.3, -0.25) is 4.79 Å². The van der Waals surface area contributed by atoms with Gasteiger partial charge in [-0.2, -0.15) is 0 Å². The Morgan fingerprint density at radius 1 is 1.67 bits per heavy atom. The molecule has 0 aliphatic heterocycles. The fraction of sp³-hybridized carbons (Fsp3) is 0.333. The van der Waals surface area contributed by atoms with Crippen LogP contribution in [0, 0.1) is 0 Å². The first kappa shape index (κ1) is 16.5. The third kappa shape index (κ3) is 17.6. The minimum atomic E-state index is -1.15. The van der Waals surface area contributed by atoms with Crippen molar-refractivity contribution in [2.75, 3.05) is 6.61 Å². The Kier molecular flexibility index (Phi) is 21.4. The summed E-state index contributed by atoms with van der Waals surface area (Å²) in [6.45, 7) is -0.461. The fourth-order valence-corrected chi connectivity index (χ4v) is 0.105. The molecule has 44 valence electrons. The van der Waals surface area contributed by atoms with Gasteiger partial charge in [0, 0.05) is 0 Å². The first-order valence-electron chi connectivity index (χ1n) is 1.54. The molecule has 1 N–H and O–H groups in total. The summed E-state index contributed by atoms with van der Waals surface area (Å²) in [7, 11) is 0. The van der Waals surface area contributed by atoms with E-state index in [9.17, 15) is 9.59 Å². The van der Waals surface area contributed by atoms with Crippen LogP contribution in [0.25, 0.3) is 0 Å². The minimum absolute atomic E-state index is 0. The van der Waals surface area contributed by atoms with E-state index in [2.05, 4.69) is 4.74 Å². The van der Waals surface area contributed by atoms with Gasteiger partial charge < -0.3 is 12.7 Å². The molecule has 0 aliphatic rings. The summed E-state index contributed by atoms with van der Waals surface area (Å²) >= 11 is 0. The molecule has 0 bridgehead atoms. The Hall–Kier alpha value is 0.940. The molecule has 0 atom stereocenters. The van der Waals surface area contributed by atoms with Crippen LogP contribution in [0.3, 0.4) is 0 Å². The van der Waals surface area contributed by atoms with Gasteiger partial charge in [0.2, 0.25) is 0 Å². The minimum Gasteiger partial charge on any atom is -1.00 e. The number of carbonyl (C=O) groups is 2. The second-order valence-corrected chi connectivity index (χ2v) is 0.801. The van der Waals surface area contributed by atoms with Crippen LogP contribution >= 0.6 is 0 Å². The van der Waals surface area contributed by atoms with E-state index in [1.807, 2.05) is 0 Å². The van der Waals surface area contributed by atoms with Crippen molar-refractivity contribution in [2.24, 2.45) is 0 Å². The fourth-order valence-electron chi connectivity index (χ4n) is 0.105. The Morgan fingerprint density at radius 3 is 2.22 bits per heavy atom. The molecule has 0 saturated carbocycles. The molecule has 0 aromatic rings. The van der Waals surface area contributed by atoms with Crippen molar-refractivity contribution in [3.8, 4) is 0 Å². The number of carboxylic acids is 1. The zero-order valence-electron chi connectivity index (χ0n) is 7.46. The number of hydrogen-bond donors (Lipinski definition) is 1. The van der Waals surface area contributed by atoms with Gasteiger partial charge in [0.1, 0.15) is 0 Å². The van der Waals surface area contributed by atoms with Gasteiger partial charge in [-0.25, -0.2) is 4.79 Å². The Balaban J connectivity index is -0.0000000300. The van der Waals surface area contributed by atoms with Crippen LogP contribution in [0.15, 0.2) is 0 Å². The maximum atomic E-state index is 9.47. The molecule has 0 aromatic heterocycles. The molecule has 0 heterocycles. The van der Waals surface area contributed by atoms with Crippen molar-refractivity contribution in [1.29, 1.82) is 0 Å². The van der Waals surface area contributed by atoms with Crippen LogP contribution in [0.4, 0.5) is 0 Å². The molecule has 0 unspecified atom stereocenters. The van der Waals surface area contributed by atoms with Crippen molar-refractivity contribution >= 4 is 12.4 Å². The van der Waals surface area contributed by atoms with E-state index in [0.29, 0.717) is 0 Å². The second kappa shape index (κ2) is 11.7. The summed E-state index contributed by atoms with van der Waals surface area (Å²) in [5.74, 6) is -1.15. The first-order chi connectivity index (χ1) is 3.27. The number of hydrogen-bond acceptors (Lipinski definition) is 3. The Bertz CT molecular complexity index is 91.4. The van der Waals surface area contributed by atoms with Crippen LogP contribution in [0.5, 0.6) is 0 Å². The maximum Gasteiger partial charge on any atom is 1.00 e. The molecule has 0 aromatic carbocycles. The zero-order valence-corrected chi connectivity index (χ0v) is 9.46. The summed E-state index contributed by atoms with van der Waals surface area (Å²) in [5.41, 5.74) is 0. The number of rotatable bonds is 3. The molecule has 0 aliphatic carbocycles. The largest absolute Gasteiger partial charge is 1.00 e. The molecule has 0 fully saturated rings. The normalized spacial score (nSPS) is 5.78. The van der Waals surface area contributed by atoms with E-state index in [4.69, 9.17) is 5.11 Å². The quantitative estimate of drug-likeness (QED) is 0.322. The molecule has 0 spiro atoms. The van der Waals surface area contributed by atoms with E-state index in [0.717, 1.165) is 0 Å². The maximum absolute atomic E-state index is 9.47. The standard InChI is InChI=1S/C3H4O4.2Na.2H/c4-2-7-1-3(5)6;;;;/h2H,1H2,(H,5,6);;;;/q;2*+1;2*-1. The van der Waals surface area contributed by atoms with E-state index in [1.165, 1.54) is 0 Å². The van der Waals surface area contributed by atoms with Crippen molar-refractivity contribution in [1.82, 2.24) is 0 Å².